The Morgan fingerprint density at radius 2 is 2.53 bits per heavy atom. The van der Waals surface area contributed by atoms with Crippen molar-refractivity contribution in [3.8, 4) is 0 Å². The summed E-state index contributed by atoms with van der Waals surface area (Å²) in [5.41, 5.74) is 0. The maximum atomic E-state index is 11.7. The highest BCUT2D eigenvalue weighted by Crippen LogP contribution is 2.17. The van der Waals surface area contributed by atoms with Crippen LogP contribution >= 0.6 is 23.3 Å². The fourth-order valence-corrected chi connectivity index (χ4v) is 2.70. The summed E-state index contributed by atoms with van der Waals surface area (Å²) in [5.74, 6) is 0. The number of rotatable bonds is 3. The topological polar surface area (TPSA) is 66.9 Å². The van der Waals surface area contributed by atoms with Gasteiger partial charge in [-0.15, -0.1) is 0 Å². The molecule has 1 aliphatic carbocycles. The molecule has 92 valence electrons. The van der Waals surface area contributed by atoms with E-state index in [2.05, 4.69) is 26.1 Å². The molecule has 0 fully saturated rings. The summed E-state index contributed by atoms with van der Waals surface area (Å²) in [5, 5.41) is 6.80. The van der Waals surface area contributed by atoms with Crippen molar-refractivity contribution in [2.75, 3.05) is 11.6 Å². The smallest absolute Gasteiger partial charge is 0.321 e. The zero-order chi connectivity index (χ0) is 12.1. The van der Waals surface area contributed by atoms with E-state index in [0.717, 1.165) is 19.3 Å². The summed E-state index contributed by atoms with van der Waals surface area (Å²) in [6.07, 6.45) is 9.26. The van der Waals surface area contributed by atoms with Crippen molar-refractivity contribution >= 4 is 34.5 Å². The minimum Gasteiger partial charge on any atom is -0.332 e. The Morgan fingerprint density at radius 1 is 1.65 bits per heavy atom. The fourth-order valence-electron chi connectivity index (χ4n) is 1.58. The van der Waals surface area contributed by atoms with E-state index in [1.165, 1.54) is 23.3 Å². The van der Waals surface area contributed by atoms with Crippen LogP contribution in [0, 0.1) is 0 Å². The molecular formula is C10H14N4OS2. The Hall–Kier alpha value is -1.08. The van der Waals surface area contributed by atoms with E-state index in [9.17, 15) is 4.79 Å². The van der Waals surface area contributed by atoms with Gasteiger partial charge >= 0.3 is 6.03 Å². The monoisotopic (exact) mass is 270 g/mol. The number of amides is 2. The second-order valence-electron chi connectivity index (χ2n) is 3.65. The lowest BCUT2D eigenvalue weighted by Gasteiger charge is -2.17. The molecule has 0 spiro atoms. The summed E-state index contributed by atoms with van der Waals surface area (Å²) in [4.78, 5) is 15.8. The molecule has 0 bridgehead atoms. The van der Waals surface area contributed by atoms with Crippen molar-refractivity contribution in [3.05, 3.63) is 12.2 Å². The van der Waals surface area contributed by atoms with E-state index < -0.39 is 0 Å². The number of urea groups is 1. The van der Waals surface area contributed by atoms with Gasteiger partial charge in [-0.2, -0.15) is 9.36 Å². The van der Waals surface area contributed by atoms with Crippen LogP contribution in [-0.2, 0) is 0 Å². The quantitative estimate of drug-likeness (QED) is 0.654. The van der Waals surface area contributed by atoms with E-state index in [4.69, 9.17) is 0 Å². The number of thioether (sulfide) groups is 1. The predicted octanol–water partition coefficient (Wildman–Crippen LogP) is 2.49. The van der Waals surface area contributed by atoms with Crippen LogP contribution in [0.25, 0.3) is 0 Å². The Bertz CT molecular complexity index is 418. The number of hydrogen-bond acceptors (Lipinski definition) is 5. The van der Waals surface area contributed by atoms with Crippen LogP contribution in [0.3, 0.4) is 0 Å². The molecule has 1 heterocycles. The molecule has 0 saturated heterocycles. The van der Waals surface area contributed by atoms with Crippen LogP contribution in [-0.4, -0.2) is 27.7 Å². The largest absolute Gasteiger partial charge is 0.332 e. The third-order valence-corrected chi connectivity index (χ3v) is 3.68. The van der Waals surface area contributed by atoms with Gasteiger partial charge in [0, 0.05) is 17.6 Å². The average Bonchev–Trinajstić information content (AvgIpc) is 2.78. The maximum Gasteiger partial charge on any atom is 0.321 e. The van der Waals surface area contributed by atoms with Crippen LogP contribution in [0.4, 0.5) is 9.93 Å². The van der Waals surface area contributed by atoms with E-state index >= 15 is 0 Å². The van der Waals surface area contributed by atoms with Crippen LogP contribution in [0.1, 0.15) is 19.3 Å². The van der Waals surface area contributed by atoms with Crippen LogP contribution < -0.4 is 10.6 Å². The lowest BCUT2D eigenvalue weighted by atomic mass is 10.0. The molecule has 17 heavy (non-hydrogen) atoms. The van der Waals surface area contributed by atoms with Crippen molar-refractivity contribution in [2.24, 2.45) is 0 Å². The van der Waals surface area contributed by atoms with Gasteiger partial charge in [-0.3, -0.25) is 5.32 Å². The summed E-state index contributed by atoms with van der Waals surface area (Å²) in [6.45, 7) is 0. The molecule has 2 N–H and O–H groups in total. The molecule has 0 aromatic carbocycles. The van der Waals surface area contributed by atoms with Gasteiger partial charge in [0.1, 0.15) is 0 Å². The molecule has 2 amide bonds. The molecule has 1 aromatic heterocycles. The van der Waals surface area contributed by atoms with Gasteiger partial charge in [0.2, 0.25) is 10.3 Å². The number of carbonyl (C=O) groups is 1. The molecule has 0 saturated carbocycles. The van der Waals surface area contributed by atoms with Gasteiger partial charge in [-0.1, -0.05) is 23.9 Å². The number of hydrogen-bond donors (Lipinski definition) is 2. The number of nitrogens with zero attached hydrogens (tertiary/aromatic N) is 2. The van der Waals surface area contributed by atoms with Crippen LogP contribution in [0.15, 0.2) is 17.3 Å². The molecular weight excluding hydrogens is 256 g/mol. The number of aromatic nitrogens is 2. The molecule has 0 radical (unpaired) electrons. The van der Waals surface area contributed by atoms with E-state index in [1.807, 2.05) is 12.3 Å². The number of anilines is 1. The zero-order valence-electron chi connectivity index (χ0n) is 9.47. The normalized spacial score (nSPS) is 19.0. The Morgan fingerprint density at radius 3 is 3.18 bits per heavy atom. The van der Waals surface area contributed by atoms with Gasteiger partial charge in [-0.05, 0) is 25.5 Å². The van der Waals surface area contributed by atoms with Gasteiger partial charge < -0.3 is 5.32 Å². The van der Waals surface area contributed by atoms with Gasteiger partial charge in [0.15, 0.2) is 0 Å². The van der Waals surface area contributed by atoms with Crippen molar-refractivity contribution in [1.82, 2.24) is 14.7 Å². The lowest BCUT2D eigenvalue weighted by Crippen LogP contribution is -2.37. The third-order valence-electron chi connectivity index (χ3n) is 2.38. The SMILES string of the molecule is CSc1nsc(NC(=O)NC2C=CCCC2)n1. The summed E-state index contributed by atoms with van der Waals surface area (Å²) < 4.78 is 4.07. The van der Waals surface area contributed by atoms with Gasteiger partial charge in [0.05, 0.1) is 0 Å². The maximum absolute atomic E-state index is 11.7. The van der Waals surface area contributed by atoms with Crippen LogP contribution in [0.2, 0.25) is 0 Å². The Balaban J connectivity index is 1.84. The molecule has 5 nitrogen and oxygen atoms in total. The van der Waals surface area contributed by atoms with Crippen molar-refractivity contribution in [1.29, 1.82) is 0 Å². The van der Waals surface area contributed by atoms with Gasteiger partial charge in [0.25, 0.3) is 0 Å². The Labute approximate surface area is 108 Å². The predicted molar refractivity (Wildman–Crippen MR) is 70.6 cm³/mol. The zero-order valence-corrected chi connectivity index (χ0v) is 11.1. The van der Waals surface area contributed by atoms with E-state index in [-0.39, 0.29) is 12.1 Å². The minimum absolute atomic E-state index is 0.136. The van der Waals surface area contributed by atoms with Crippen LogP contribution in [0.5, 0.6) is 0 Å². The fraction of sp³-hybridized carbons (Fsp3) is 0.500. The minimum atomic E-state index is -0.217. The molecule has 2 rings (SSSR count). The molecule has 7 heteroatoms. The highest BCUT2D eigenvalue weighted by molar-refractivity contribution is 7.98. The second kappa shape index (κ2) is 6.02. The summed E-state index contributed by atoms with van der Waals surface area (Å²) >= 11 is 2.65. The third kappa shape index (κ3) is 3.71. The molecule has 1 atom stereocenters. The number of allylic oxidation sites excluding steroid dienone is 1. The summed E-state index contributed by atoms with van der Waals surface area (Å²) in [7, 11) is 0. The van der Waals surface area contributed by atoms with Crippen molar-refractivity contribution in [2.45, 2.75) is 30.5 Å². The number of carbonyl (C=O) groups excluding carboxylic acids is 1. The first-order chi connectivity index (χ1) is 8.28. The highest BCUT2D eigenvalue weighted by Gasteiger charge is 2.13. The first-order valence-corrected chi connectivity index (χ1v) is 7.39. The van der Waals surface area contributed by atoms with E-state index in [1.54, 1.807) is 0 Å². The first-order valence-electron chi connectivity index (χ1n) is 5.40. The highest BCUT2D eigenvalue weighted by atomic mass is 32.2. The molecule has 1 unspecified atom stereocenters. The molecule has 1 aromatic rings. The standard InChI is InChI=1S/C10H14N4OS2/c1-16-10-13-9(17-14-10)12-8(15)11-7-5-3-2-4-6-7/h3,5,7H,2,4,6H2,1H3,(H2,11,12,13,14,15). The van der Waals surface area contributed by atoms with Crippen molar-refractivity contribution in [3.63, 3.8) is 0 Å². The lowest BCUT2D eigenvalue weighted by molar-refractivity contribution is 0.249. The van der Waals surface area contributed by atoms with Crippen molar-refractivity contribution < 1.29 is 4.79 Å². The molecule has 1 aliphatic rings. The second-order valence-corrected chi connectivity index (χ2v) is 5.18. The first kappa shape index (κ1) is 12.4. The van der Waals surface area contributed by atoms with E-state index in [0.29, 0.717) is 10.3 Å². The summed E-state index contributed by atoms with van der Waals surface area (Å²) in [6, 6.07) is -0.0814. The molecule has 0 aliphatic heterocycles. The average molecular weight is 270 g/mol. The Kier molecular flexibility index (Phi) is 4.38. The number of nitrogens with one attached hydrogen (secondary N) is 2. The van der Waals surface area contributed by atoms with Gasteiger partial charge in [-0.25, -0.2) is 4.79 Å².